The number of hydrogen-bond donors (Lipinski definition) is 0. The van der Waals surface area contributed by atoms with Gasteiger partial charge in [-0.15, -0.1) is 0 Å². The number of aryl methyl sites for hydroxylation is 1. The number of methoxy groups -OCH3 is 1. The van der Waals surface area contributed by atoms with E-state index in [9.17, 15) is 0 Å². The van der Waals surface area contributed by atoms with Crippen LogP contribution < -0.4 is 9.47 Å². The van der Waals surface area contributed by atoms with Gasteiger partial charge in [0.25, 0.3) is 0 Å². The highest BCUT2D eigenvalue weighted by Crippen LogP contribution is 2.38. The van der Waals surface area contributed by atoms with Crippen molar-refractivity contribution in [2.75, 3.05) is 7.11 Å². The highest BCUT2D eigenvalue weighted by molar-refractivity contribution is 9.11. The Balaban J connectivity index is 2.35. The first-order chi connectivity index (χ1) is 9.53. The van der Waals surface area contributed by atoms with Crippen LogP contribution in [-0.4, -0.2) is 17.1 Å². The Morgan fingerprint density at radius 3 is 2.30 bits per heavy atom. The lowest BCUT2D eigenvalue weighted by Crippen LogP contribution is -1.97. The van der Waals surface area contributed by atoms with Crippen molar-refractivity contribution in [3.8, 4) is 17.4 Å². The maximum atomic E-state index is 5.80. The van der Waals surface area contributed by atoms with E-state index in [0.29, 0.717) is 16.2 Å². The number of rotatable bonds is 4. The van der Waals surface area contributed by atoms with Crippen LogP contribution in [0.4, 0.5) is 0 Å². The lowest BCUT2D eigenvalue weighted by molar-refractivity contribution is 0.408. The molecular formula is C13H11Br3N2O2. The molecule has 0 saturated carbocycles. The van der Waals surface area contributed by atoms with Crippen molar-refractivity contribution in [1.29, 1.82) is 0 Å². The summed E-state index contributed by atoms with van der Waals surface area (Å²) in [7, 11) is 1.61. The van der Waals surface area contributed by atoms with E-state index >= 15 is 0 Å². The second kappa shape index (κ2) is 6.87. The van der Waals surface area contributed by atoms with Crippen LogP contribution in [0.5, 0.6) is 17.4 Å². The molecule has 0 N–H and O–H groups in total. The van der Waals surface area contributed by atoms with Crippen molar-refractivity contribution < 1.29 is 9.47 Å². The second-order valence-electron chi connectivity index (χ2n) is 3.82. The Bertz CT molecular complexity index is 635. The van der Waals surface area contributed by atoms with Gasteiger partial charge in [0.1, 0.15) is 21.9 Å². The number of benzene rings is 1. The molecule has 0 fully saturated rings. The smallest absolute Gasteiger partial charge is 0.223 e. The molecule has 1 aromatic carbocycles. The molecule has 4 nitrogen and oxygen atoms in total. The van der Waals surface area contributed by atoms with Crippen LogP contribution in [-0.2, 0) is 6.42 Å². The van der Waals surface area contributed by atoms with Gasteiger partial charge in [-0.3, -0.25) is 0 Å². The Morgan fingerprint density at radius 1 is 1.00 bits per heavy atom. The van der Waals surface area contributed by atoms with Gasteiger partial charge in [-0.1, -0.05) is 6.92 Å². The van der Waals surface area contributed by atoms with Crippen molar-refractivity contribution in [2.24, 2.45) is 0 Å². The first kappa shape index (κ1) is 15.7. The van der Waals surface area contributed by atoms with Crippen LogP contribution in [0, 0.1) is 0 Å². The van der Waals surface area contributed by atoms with Crippen LogP contribution in [0.15, 0.2) is 31.7 Å². The first-order valence-electron chi connectivity index (χ1n) is 5.77. The van der Waals surface area contributed by atoms with E-state index in [0.717, 1.165) is 26.9 Å². The molecule has 0 atom stereocenters. The van der Waals surface area contributed by atoms with Crippen molar-refractivity contribution in [2.45, 2.75) is 13.3 Å². The largest absolute Gasteiger partial charge is 0.496 e. The summed E-state index contributed by atoms with van der Waals surface area (Å²) >= 11 is 10.2. The zero-order valence-electron chi connectivity index (χ0n) is 10.8. The summed E-state index contributed by atoms with van der Waals surface area (Å²) in [4.78, 5) is 8.58. The van der Waals surface area contributed by atoms with E-state index in [-0.39, 0.29) is 0 Å². The Labute approximate surface area is 142 Å². The lowest BCUT2D eigenvalue weighted by Gasteiger charge is -2.11. The third kappa shape index (κ3) is 3.71. The molecule has 7 heteroatoms. The molecule has 0 aliphatic heterocycles. The molecule has 0 amide bonds. The van der Waals surface area contributed by atoms with E-state index in [2.05, 4.69) is 57.8 Å². The molecule has 1 heterocycles. The van der Waals surface area contributed by atoms with Crippen molar-refractivity contribution in [1.82, 2.24) is 9.97 Å². The zero-order chi connectivity index (χ0) is 14.7. The van der Waals surface area contributed by atoms with Crippen LogP contribution in [0.3, 0.4) is 0 Å². The molecule has 0 radical (unpaired) electrons. The fraction of sp³-hybridized carbons (Fsp3) is 0.231. The molecule has 0 bridgehead atoms. The van der Waals surface area contributed by atoms with Gasteiger partial charge in [0.15, 0.2) is 0 Å². The van der Waals surface area contributed by atoms with Gasteiger partial charge in [-0.25, -0.2) is 4.98 Å². The maximum Gasteiger partial charge on any atom is 0.223 e. The van der Waals surface area contributed by atoms with E-state index in [1.807, 2.05) is 19.1 Å². The molecule has 106 valence electrons. The quantitative estimate of drug-likeness (QED) is 0.586. The Kier molecular flexibility index (Phi) is 5.40. The van der Waals surface area contributed by atoms with Gasteiger partial charge < -0.3 is 9.47 Å². The molecule has 0 saturated heterocycles. The van der Waals surface area contributed by atoms with Gasteiger partial charge in [0.2, 0.25) is 5.88 Å². The van der Waals surface area contributed by atoms with Gasteiger partial charge in [-0.05, 0) is 59.9 Å². The van der Waals surface area contributed by atoms with Gasteiger partial charge in [-0.2, -0.15) is 4.98 Å². The first-order valence-corrected chi connectivity index (χ1v) is 8.15. The molecule has 0 spiro atoms. The third-order valence-corrected chi connectivity index (χ3v) is 4.10. The van der Waals surface area contributed by atoms with E-state index < -0.39 is 0 Å². The van der Waals surface area contributed by atoms with Crippen molar-refractivity contribution in [3.63, 3.8) is 0 Å². The Morgan fingerprint density at radius 2 is 1.65 bits per heavy atom. The minimum atomic E-state index is 0.487. The molecule has 2 aromatic rings. The summed E-state index contributed by atoms with van der Waals surface area (Å²) in [6.45, 7) is 1.99. The molecule has 0 aliphatic rings. The van der Waals surface area contributed by atoms with E-state index in [1.54, 1.807) is 13.2 Å². The number of nitrogens with zero attached hydrogens (tertiary/aromatic N) is 2. The summed E-state index contributed by atoms with van der Waals surface area (Å²) in [5.74, 6) is 2.58. The van der Waals surface area contributed by atoms with Crippen LogP contribution in [0.2, 0.25) is 0 Å². The van der Waals surface area contributed by atoms with Gasteiger partial charge in [0.05, 0.1) is 16.1 Å². The summed E-state index contributed by atoms with van der Waals surface area (Å²) in [6.07, 6.45) is 0.739. The number of ether oxygens (including phenoxy) is 2. The molecule has 2 rings (SSSR count). The molecule has 1 aromatic heterocycles. The van der Waals surface area contributed by atoms with Crippen molar-refractivity contribution >= 4 is 47.8 Å². The van der Waals surface area contributed by atoms with Crippen LogP contribution in [0.25, 0.3) is 0 Å². The predicted octanol–water partition coefficient (Wildman–Crippen LogP) is 5.13. The monoisotopic (exact) mass is 464 g/mol. The highest BCUT2D eigenvalue weighted by atomic mass is 79.9. The predicted molar refractivity (Wildman–Crippen MR) is 87.6 cm³/mol. The maximum absolute atomic E-state index is 5.80. The molecule has 0 aliphatic carbocycles. The average Bonchev–Trinajstić information content (AvgIpc) is 2.41. The number of hydrogen-bond acceptors (Lipinski definition) is 4. The highest BCUT2D eigenvalue weighted by Gasteiger charge is 2.11. The second-order valence-corrected chi connectivity index (χ2v) is 6.34. The minimum absolute atomic E-state index is 0.487. The topological polar surface area (TPSA) is 44.2 Å². The number of halogens is 3. The summed E-state index contributed by atoms with van der Waals surface area (Å²) in [5.41, 5.74) is 0. The summed E-state index contributed by atoms with van der Waals surface area (Å²) in [5, 5.41) is 0. The molecule has 0 unspecified atom stereocenters. The van der Waals surface area contributed by atoms with E-state index in [4.69, 9.17) is 9.47 Å². The average molecular weight is 467 g/mol. The Hall–Kier alpha value is -0.660. The van der Waals surface area contributed by atoms with Crippen LogP contribution >= 0.6 is 47.8 Å². The minimum Gasteiger partial charge on any atom is -0.496 e. The van der Waals surface area contributed by atoms with Gasteiger partial charge >= 0.3 is 0 Å². The summed E-state index contributed by atoms with van der Waals surface area (Å²) in [6, 6.07) is 5.38. The normalized spacial score (nSPS) is 10.4. The fourth-order valence-corrected chi connectivity index (χ4v) is 2.80. The molecular weight excluding hydrogens is 456 g/mol. The summed E-state index contributed by atoms with van der Waals surface area (Å²) < 4.78 is 13.3. The number of aromatic nitrogens is 2. The standard InChI is InChI=1S/C13H11Br3N2O2/c1-3-12-17-11(16)6-13(18-12)20-10-5-7(14)9(19-2)4-8(10)15/h4-6H,3H2,1-2H3. The van der Waals surface area contributed by atoms with Gasteiger partial charge in [0, 0.05) is 12.5 Å². The van der Waals surface area contributed by atoms with E-state index in [1.165, 1.54) is 0 Å². The van der Waals surface area contributed by atoms with Crippen LogP contribution in [0.1, 0.15) is 12.7 Å². The zero-order valence-corrected chi connectivity index (χ0v) is 15.5. The SMILES string of the molecule is CCc1nc(Br)cc(Oc2cc(Br)c(OC)cc2Br)n1. The fourth-order valence-electron chi connectivity index (χ4n) is 1.51. The van der Waals surface area contributed by atoms with Crippen molar-refractivity contribution in [3.05, 3.63) is 37.6 Å². The molecule has 20 heavy (non-hydrogen) atoms. The lowest BCUT2D eigenvalue weighted by atomic mass is 10.3. The third-order valence-electron chi connectivity index (χ3n) is 2.45.